The van der Waals surface area contributed by atoms with Crippen molar-refractivity contribution in [3.8, 4) is 0 Å². The third-order valence-corrected chi connectivity index (χ3v) is 3.89. The topological polar surface area (TPSA) is 55.1 Å². The van der Waals surface area contributed by atoms with Crippen LogP contribution in [0.1, 0.15) is 38.5 Å². The van der Waals surface area contributed by atoms with Crippen molar-refractivity contribution in [3.05, 3.63) is 0 Å². The number of hydrogen-bond acceptors (Lipinski definition) is 2. The van der Waals surface area contributed by atoms with Crippen LogP contribution in [0.5, 0.6) is 0 Å². The van der Waals surface area contributed by atoms with E-state index in [9.17, 15) is 4.79 Å². The summed E-state index contributed by atoms with van der Waals surface area (Å²) < 4.78 is 0. The predicted octanol–water partition coefficient (Wildman–Crippen LogP) is 1.28. The van der Waals surface area contributed by atoms with Crippen molar-refractivity contribution in [3.63, 3.8) is 0 Å². The SMILES string of the molecule is NCCCCNC(=O)C1C2CCCCC21. The summed E-state index contributed by atoms with van der Waals surface area (Å²) in [5.74, 6) is 2.14. The Balaban J connectivity index is 1.64. The van der Waals surface area contributed by atoms with Crippen LogP contribution in [-0.2, 0) is 4.79 Å². The minimum Gasteiger partial charge on any atom is -0.356 e. The van der Waals surface area contributed by atoms with E-state index in [-0.39, 0.29) is 0 Å². The lowest BCUT2D eigenvalue weighted by molar-refractivity contribution is -0.122. The molecule has 0 aromatic rings. The molecule has 0 bridgehead atoms. The molecule has 3 heteroatoms. The van der Waals surface area contributed by atoms with Crippen LogP contribution in [-0.4, -0.2) is 19.0 Å². The molecule has 2 unspecified atom stereocenters. The largest absolute Gasteiger partial charge is 0.356 e. The second-order valence-electron chi connectivity index (χ2n) is 4.92. The zero-order chi connectivity index (χ0) is 10.7. The molecule has 2 aliphatic rings. The Morgan fingerprint density at radius 3 is 2.47 bits per heavy atom. The van der Waals surface area contributed by atoms with E-state index < -0.39 is 0 Å². The van der Waals surface area contributed by atoms with Gasteiger partial charge in [0.2, 0.25) is 5.91 Å². The van der Waals surface area contributed by atoms with Gasteiger partial charge in [0.05, 0.1) is 0 Å². The van der Waals surface area contributed by atoms with Crippen LogP contribution in [0.25, 0.3) is 0 Å². The van der Waals surface area contributed by atoms with Crippen LogP contribution in [0.2, 0.25) is 0 Å². The standard InChI is InChI=1S/C12H22N2O/c13-7-3-4-8-14-12(15)11-9-5-1-2-6-10(9)11/h9-11H,1-8,13H2,(H,14,15). The summed E-state index contributed by atoms with van der Waals surface area (Å²) in [6, 6.07) is 0. The minimum absolute atomic E-state index is 0.309. The van der Waals surface area contributed by atoms with Gasteiger partial charge in [-0.1, -0.05) is 12.8 Å². The molecule has 0 aromatic carbocycles. The van der Waals surface area contributed by atoms with Gasteiger partial charge in [0, 0.05) is 12.5 Å². The van der Waals surface area contributed by atoms with Crippen molar-refractivity contribution >= 4 is 5.91 Å². The van der Waals surface area contributed by atoms with Gasteiger partial charge in [-0.05, 0) is 44.1 Å². The second kappa shape index (κ2) is 4.97. The average Bonchev–Trinajstić information content (AvgIpc) is 2.98. The van der Waals surface area contributed by atoms with Crippen LogP contribution >= 0.6 is 0 Å². The number of carbonyl (C=O) groups excluding carboxylic acids is 1. The van der Waals surface area contributed by atoms with E-state index in [0.29, 0.717) is 11.8 Å². The van der Waals surface area contributed by atoms with Crippen LogP contribution in [0.4, 0.5) is 0 Å². The number of unbranched alkanes of at least 4 members (excludes halogenated alkanes) is 1. The Kier molecular flexibility index (Phi) is 3.62. The van der Waals surface area contributed by atoms with E-state index in [1.54, 1.807) is 0 Å². The molecule has 2 fully saturated rings. The number of nitrogens with two attached hydrogens (primary N) is 1. The summed E-state index contributed by atoms with van der Waals surface area (Å²) >= 11 is 0. The summed E-state index contributed by atoms with van der Waals surface area (Å²) in [7, 11) is 0. The highest BCUT2D eigenvalue weighted by atomic mass is 16.2. The fourth-order valence-corrected chi connectivity index (χ4v) is 2.98. The number of fused-ring (bicyclic) bond motifs is 1. The van der Waals surface area contributed by atoms with Crippen molar-refractivity contribution < 1.29 is 4.79 Å². The van der Waals surface area contributed by atoms with Crippen molar-refractivity contribution in [2.24, 2.45) is 23.5 Å². The molecule has 3 nitrogen and oxygen atoms in total. The van der Waals surface area contributed by atoms with Gasteiger partial charge >= 0.3 is 0 Å². The summed E-state index contributed by atoms with van der Waals surface area (Å²) in [5, 5.41) is 3.04. The Hall–Kier alpha value is -0.570. The number of rotatable bonds is 5. The first-order chi connectivity index (χ1) is 7.34. The number of carbonyl (C=O) groups is 1. The number of hydrogen-bond donors (Lipinski definition) is 2. The van der Waals surface area contributed by atoms with Crippen LogP contribution < -0.4 is 11.1 Å². The fourth-order valence-electron chi connectivity index (χ4n) is 2.98. The highest BCUT2D eigenvalue weighted by Crippen LogP contribution is 2.55. The molecule has 0 saturated heterocycles. The lowest BCUT2D eigenvalue weighted by atomic mass is 10.0. The van der Waals surface area contributed by atoms with E-state index >= 15 is 0 Å². The molecule has 3 N–H and O–H groups in total. The van der Waals surface area contributed by atoms with Gasteiger partial charge in [-0.2, -0.15) is 0 Å². The summed E-state index contributed by atoms with van der Waals surface area (Å²) in [6.45, 7) is 1.54. The van der Waals surface area contributed by atoms with E-state index in [1.165, 1.54) is 25.7 Å². The van der Waals surface area contributed by atoms with Crippen LogP contribution in [0, 0.1) is 17.8 Å². The molecule has 0 radical (unpaired) electrons. The van der Waals surface area contributed by atoms with Gasteiger partial charge in [-0.3, -0.25) is 4.79 Å². The molecule has 2 saturated carbocycles. The molecule has 1 amide bonds. The van der Waals surface area contributed by atoms with Gasteiger partial charge in [0.1, 0.15) is 0 Å². The van der Waals surface area contributed by atoms with Crippen LogP contribution in [0.15, 0.2) is 0 Å². The van der Waals surface area contributed by atoms with E-state index in [2.05, 4.69) is 5.32 Å². The van der Waals surface area contributed by atoms with Gasteiger partial charge < -0.3 is 11.1 Å². The molecule has 15 heavy (non-hydrogen) atoms. The zero-order valence-corrected chi connectivity index (χ0v) is 9.37. The van der Waals surface area contributed by atoms with Crippen molar-refractivity contribution in [1.82, 2.24) is 5.32 Å². The summed E-state index contributed by atoms with van der Waals surface area (Å²) in [4.78, 5) is 11.8. The van der Waals surface area contributed by atoms with Crippen molar-refractivity contribution in [1.29, 1.82) is 0 Å². The highest BCUT2D eigenvalue weighted by Gasteiger charge is 2.54. The maximum atomic E-state index is 11.8. The zero-order valence-electron chi connectivity index (χ0n) is 9.37. The average molecular weight is 210 g/mol. The smallest absolute Gasteiger partial charge is 0.223 e. The fraction of sp³-hybridized carbons (Fsp3) is 0.917. The Morgan fingerprint density at radius 2 is 1.87 bits per heavy atom. The molecule has 2 rings (SSSR count). The lowest BCUT2D eigenvalue weighted by Gasteiger charge is -2.04. The molecular weight excluding hydrogens is 188 g/mol. The first-order valence-corrected chi connectivity index (χ1v) is 6.32. The maximum Gasteiger partial charge on any atom is 0.223 e. The minimum atomic E-state index is 0.309. The number of nitrogens with one attached hydrogen (secondary N) is 1. The van der Waals surface area contributed by atoms with E-state index in [1.807, 2.05) is 0 Å². The van der Waals surface area contributed by atoms with Gasteiger partial charge in [0.25, 0.3) is 0 Å². The molecule has 2 atom stereocenters. The molecule has 0 spiro atoms. The predicted molar refractivity (Wildman–Crippen MR) is 60.2 cm³/mol. The molecule has 0 heterocycles. The summed E-state index contributed by atoms with van der Waals surface area (Å²) in [5.41, 5.74) is 5.40. The monoisotopic (exact) mass is 210 g/mol. The van der Waals surface area contributed by atoms with Crippen molar-refractivity contribution in [2.75, 3.05) is 13.1 Å². The summed E-state index contributed by atoms with van der Waals surface area (Å²) in [6.07, 6.45) is 7.26. The Bertz CT molecular complexity index is 218. The third kappa shape index (κ3) is 2.51. The Morgan fingerprint density at radius 1 is 1.20 bits per heavy atom. The van der Waals surface area contributed by atoms with Gasteiger partial charge in [-0.25, -0.2) is 0 Å². The second-order valence-corrected chi connectivity index (χ2v) is 4.92. The first-order valence-electron chi connectivity index (χ1n) is 6.32. The van der Waals surface area contributed by atoms with E-state index in [4.69, 9.17) is 5.73 Å². The lowest BCUT2D eigenvalue weighted by Crippen LogP contribution is -2.27. The molecular formula is C12H22N2O. The maximum absolute atomic E-state index is 11.8. The quantitative estimate of drug-likeness (QED) is 0.672. The van der Waals surface area contributed by atoms with Gasteiger partial charge in [-0.15, -0.1) is 0 Å². The molecule has 2 aliphatic carbocycles. The first kappa shape index (κ1) is 10.9. The van der Waals surface area contributed by atoms with E-state index in [0.717, 1.165) is 37.8 Å². The Labute approximate surface area is 91.8 Å². The normalized spacial score (nSPS) is 33.3. The van der Waals surface area contributed by atoms with Crippen LogP contribution in [0.3, 0.4) is 0 Å². The third-order valence-electron chi connectivity index (χ3n) is 3.89. The van der Waals surface area contributed by atoms with Crippen molar-refractivity contribution in [2.45, 2.75) is 38.5 Å². The molecule has 0 aliphatic heterocycles. The molecule has 0 aromatic heterocycles. The number of amides is 1. The highest BCUT2D eigenvalue weighted by molar-refractivity contribution is 5.82. The molecule has 86 valence electrons. The van der Waals surface area contributed by atoms with Gasteiger partial charge in [0.15, 0.2) is 0 Å².